The second-order valence-corrected chi connectivity index (χ2v) is 6.95. The zero-order chi connectivity index (χ0) is 19.0. The van der Waals surface area contributed by atoms with Crippen molar-refractivity contribution in [3.05, 3.63) is 41.3 Å². The third-order valence-corrected chi connectivity index (χ3v) is 5.14. The Hall–Kier alpha value is -2.64. The van der Waals surface area contributed by atoms with E-state index < -0.39 is 5.60 Å². The SMILES string of the molecule is COc1cnc(-c2cc3[nH]c(CNC(=O)C4(OC)CC4)cc3cc2Cl)cn1. The molecule has 4 rings (SSSR count). The number of fused-ring (bicyclic) bond motifs is 1. The molecule has 1 aromatic carbocycles. The number of halogens is 1. The monoisotopic (exact) mass is 386 g/mol. The minimum Gasteiger partial charge on any atom is -0.480 e. The summed E-state index contributed by atoms with van der Waals surface area (Å²) in [6, 6.07) is 5.77. The highest BCUT2D eigenvalue weighted by Crippen LogP contribution is 2.39. The Kier molecular flexibility index (Phi) is 4.49. The first-order valence-electron chi connectivity index (χ1n) is 8.56. The molecular formula is C19H19ClN4O3. The van der Waals surface area contributed by atoms with Gasteiger partial charge in [-0.3, -0.25) is 4.79 Å². The minimum absolute atomic E-state index is 0.0733. The third kappa shape index (κ3) is 3.36. The molecule has 27 heavy (non-hydrogen) atoms. The Morgan fingerprint density at radius 3 is 2.70 bits per heavy atom. The van der Waals surface area contributed by atoms with Crippen molar-refractivity contribution in [2.45, 2.75) is 25.0 Å². The molecule has 0 spiro atoms. The van der Waals surface area contributed by atoms with Crippen molar-refractivity contribution in [1.29, 1.82) is 0 Å². The number of hydrogen-bond acceptors (Lipinski definition) is 5. The summed E-state index contributed by atoms with van der Waals surface area (Å²) in [5, 5.41) is 4.46. The van der Waals surface area contributed by atoms with Gasteiger partial charge < -0.3 is 19.8 Å². The smallest absolute Gasteiger partial charge is 0.252 e. The van der Waals surface area contributed by atoms with Crippen molar-refractivity contribution in [2.24, 2.45) is 0 Å². The fourth-order valence-electron chi connectivity index (χ4n) is 3.04. The van der Waals surface area contributed by atoms with E-state index in [-0.39, 0.29) is 5.91 Å². The number of amides is 1. The average molecular weight is 387 g/mol. The second kappa shape index (κ2) is 6.83. The Morgan fingerprint density at radius 2 is 2.07 bits per heavy atom. The van der Waals surface area contributed by atoms with Gasteiger partial charge in [0.05, 0.1) is 36.8 Å². The average Bonchev–Trinajstić information content (AvgIpc) is 3.40. The molecule has 1 aliphatic carbocycles. The molecule has 3 aromatic rings. The van der Waals surface area contributed by atoms with Crippen LogP contribution in [0.1, 0.15) is 18.5 Å². The van der Waals surface area contributed by atoms with Crippen molar-refractivity contribution >= 4 is 28.4 Å². The van der Waals surface area contributed by atoms with Crippen LogP contribution in [-0.2, 0) is 16.1 Å². The van der Waals surface area contributed by atoms with Gasteiger partial charge in [0.1, 0.15) is 5.60 Å². The molecule has 140 valence electrons. The molecule has 2 aromatic heterocycles. The summed E-state index contributed by atoms with van der Waals surface area (Å²) in [6.45, 7) is 0.397. The van der Waals surface area contributed by atoms with Gasteiger partial charge in [0.2, 0.25) is 5.88 Å². The largest absolute Gasteiger partial charge is 0.480 e. The van der Waals surface area contributed by atoms with Crippen LogP contribution in [-0.4, -0.2) is 40.7 Å². The lowest BCUT2D eigenvalue weighted by Crippen LogP contribution is -2.37. The molecule has 0 saturated heterocycles. The molecule has 0 radical (unpaired) electrons. The fourth-order valence-corrected chi connectivity index (χ4v) is 3.31. The molecule has 2 N–H and O–H groups in total. The molecule has 0 unspecified atom stereocenters. The number of methoxy groups -OCH3 is 2. The van der Waals surface area contributed by atoms with Crippen LogP contribution in [0.25, 0.3) is 22.2 Å². The van der Waals surface area contributed by atoms with E-state index in [0.717, 1.165) is 35.0 Å². The first-order valence-corrected chi connectivity index (χ1v) is 8.93. The normalized spacial score (nSPS) is 14.9. The maximum absolute atomic E-state index is 12.2. The van der Waals surface area contributed by atoms with Gasteiger partial charge in [-0.15, -0.1) is 0 Å². The lowest BCUT2D eigenvalue weighted by Gasteiger charge is -2.12. The number of carbonyl (C=O) groups excluding carboxylic acids is 1. The number of aromatic amines is 1. The molecule has 0 atom stereocenters. The molecule has 2 heterocycles. The van der Waals surface area contributed by atoms with Gasteiger partial charge in [0.15, 0.2) is 0 Å². The minimum atomic E-state index is -0.629. The van der Waals surface area contributed by atoms with Crippen molar-refractivity contribution in [3.63, 3.8) is 0 Å². The third-order valence-electron chi connectivity index (χ3n) is 4.83. The predicted octanol–water partition coefficient (Wildman–Crippen LogP) is 3.08. The topological polar surface area (TPSA) is 89.1 Å². The van der Waals surface area contributed by atoms with Crippen LogP contribution in [0, 0.1) is 0 Å². The number of carbonyl (C=O) groups is 1. The van der Waals surface area contributed by atoms with Gasteiger partial charge in [-0.25, -0.2) is 9.97 Å². The molecule has 1 amide bonds. The van der Waals surface area contributed by atoms with Crippen molar-refractivity contribution in [1.82, 2.24) is 20.3 Å². The number of nitrogens with one attached hydrogen (secondary N) is 2. The number of ether oxygens (including phenoxy) is 2. The van der Waals surface area contributed by atoms with Crippen LogP contribution in [0.15, 0.2) is 30.6 Å². The van der Waals surface area contributed by atoms with Crippen molar-refractivity contribution < 1.29 is 14.3 Å². The number of H-pyrrole nitrogens is 1. The zero-order valence-corrected chi connectivity index (χ0v) is 15.8. The van der Waals surface area contributed by atoms with Crippen LogP contribution in [0.3, 0.4) is 0 Å². The number of hydrogen-bond donors (Lipinski definition) is 2. The highest BCUT2D eigenvalue weighted by Gasteiger charge is 2.50. The summed E-state index contributed by atoms with van der Waals surface area (Å²) in [5.41, 5.74) is 2.59. The molecule has 0 bridgehead atoms. The maximum Gasteiger partial charge on any atom is 0.252 e. The Balaban J connectivity index is 1.56. The lowest BCUT2D eigenvalue weighted by molar-refractivity contribution is -0.133. The van der Waals surface area contributed by atoms with Gasteiger partial charge in [-0.2, -0.15) is 0 Å². The Morgan fingerprint density at radius 1 is 1.26 bits per heavy atom. The van der Waals surface area contributed by atoms with Gasteiger partial charge >= 0.3 is 0 Å². The fraction of sp³-hybridized carbons (Fsp3) is 0.316. The van der Waals surface area contributed by atoms with E-state index in [4.69, 9.17) is 21.1 Å². The van der Waals surface area contributed by atoms with Gasteiger partial charge in [-0.1, -0.05) is 11.6 Å². The second-order valence-electron chi connectivity index (χ2n) is 6.54. The van der Waals surface area contributed by atoms with E-state index in [1.165, 1.54) is 0 Å². The van der Waals surface area contributed by atoms with E-state index in [2.05, 4.69) is 20.3 Å². The van der Waals surface area contributed by atoms with E-state index in [1.54, 1.807) is 26.6 Å². The number of nitrogens with zero attached hydrogens (tertiary/aromatic N) is 2. The highest BCUT2D eigenvalue weighted by molar-refractivity contribution is 6.34. The quantitative estimate of drug-likeness (QED) is 0.679. The van der Waals surface area contributed by atoms with Crippen LogP contribution >= 0.6 is 11.6 Å². The Bertz CT molecular complexity index is 996. The zero-order valence-electron chi connectivity index (χ0n) is 15.0. The van der Waals surface area contributed by atoms with Crippen LogP contribution in [0.5, 0.6) is 5.88 Å². The van der Waals surface area contributed by atoms with E-state index in [0.29, 0.717) is 23.1 Å². The standard InChI is InChI=1S/C19H19ClN4O3/c1-26-17-10-21-16(9-22-17)13-7-15-11(6-14(13)20)5-12(24-15)8-23-18(25)19(27-2)3-4-19/h5-7,9-10,24H,3-4,8H2,1-2H3,(H,23,25). The molecule has 1 fully saturated rings. The molecule has 8 heteroatoms. The van der Waals surface area contributed by atoms with Crippen LogP contribution in [0.4, 0.5) is 0 Å². The summed E-state index contributed by atoms with van der Waals surface area (Å²) in [6.07, 6.45) is 4.71. The molecule has 1 aliphatic rings. The summed E-state index contributed by atoms with van der Waals surface area (Å²) >= 11 is 6.44. The number of rotatable bonds is 6. The highest BCUT2D eigenvalue weighted by atomic mass is 35.5. The van der Waals surface area contributed by atoms with Crippen LogP contribution < -0.4 is 10.1 Å². The predicted molar refractivity (Wildman–Crippen MR) is 102 cm³/mol. The molecular weight excluding hydrogens is 368 g/mol. The van der Waals surface area contributed by atoms with E-state index in [9.17, 15) is 4.79 Å². The summed E-state index contributed by atoms with van der Waals surface area (Å²) < 4.78 is 10.3. The van der Waals surface area contributed by atoms with Crippen LogP contribution in [0.2, 0.25) is 5.02 Å². The van der Waals surface area contributed by atoms with Gasteiger partial charge in [0.25, 0.3) is 5.91 Å². The number of aromatic nitrogens is 3. The van der Waals surface area contributed by atoms with Crippen molar-refractivity contribution in [2.75, 3.05) is 14.2 Å². The first-order chi connectivity index (χ1) is 13.0. The van der Waals surface area contributed by atoms with Gasteiger partial charge in [-0.05, 0) is 31.0 Å². The van der Waals surface area contributed by atoms with E-state index in [1.807, 2.05) is 18.2 Å². The summed E-state index contributed by atoms with van der Waals surface area (Å²) in [7, 11) is 3.11. The number of benzene rings is 1. The van der Waals surface area contributed by atoms with Crippen molar-refractivity contribution in [3.8, 4) is 17.1 Å². The van der Waals surface area contributed by atoms with Gasteiger partial charge in [0, 0.05) is 29.3 Å². The summed E-state index contributed by atoms with van der Waals surface area (Å²) in [4.78, 5) is 24.0. The molecule has 1 saturated carbocycles. The summed E-state index contributed by atoms with van der Waals surface area (Å²) in [5.74, 6) is 0.370. The Labute approximate surface area is 161 Å². The maximum atomic E-state index is 12.2. The lowest BCUT2D eigenvalue weighted by atomic mass is 10.1. The first kappa shape index (κ1) is 17.8. The molecule has 0 aliphatic heterocycles. The van der Waals surface area contributed by atoms with E-state index >= 15 is 0 Å². The molecule has 7 nitrogen and oxygen atoms in total.